The van der Waals surface area contributed by atoms with Gasteiger partial charge in [0.1, 0.15) is 5.56 Å². The zero-order valence-electron chi connectivity index (χ0n) is 14.7. The standard InChI is InChI=1S/C19H25N3O2S/c1-11(19-7-12-4-13(8-19)6-14(5-12)9-19)21-16(23)15-10-20-18-22(17(15)24)2-3-25-18/h10-14H,2-9H2,1H3,(H,21,23). The number of nitrogens with zero attached hydrogens (tertiary/aromatic N) is 2. The van der Waals surface area contributed by atoms with E-state index < -0.39 is 0 Å². The first-order valence-corrected chi connectivity index (χ1v) is 10.6. The lowest BCUT2D eigenvalue weighted by Gasteiger charge is -2.59. The highest BCUT2D eigenvalue weighted by Gasteiger charge is 2.53. The maximum atomic E-state index is 12.8. The molecule has 6 heteroatoms. The summed E-state index contributed by atoms with van der Waals surface area (Å²) in [7, 11) is 0. The zero-order chi connectivity index (χ0) is 17.2. The predicted octanol–water partition coefficient (Wildman–Crippen LogP) is 2.68. The Kier molecular flexibility index (Phi) is 3.56. The van der Waals surface area contributed by atoms with Gasteiger partial charge in [0.05, 0.1) is 0 Å². The lowest BCUT2D eigenvalue weighted by atomic mass is 9.48. The molecule has 4 bridgehead atoms. The van der Waals surface area contributed by atoms with Crippen LogP contribution in [0.2, 0.25) is 0 Å². The van der Waals surface area contributed by atoms with E-state index in [9.17, 15) is 9.59 Å². The highest BCUT2D eigenvalue weighted by atomic mass is 32.2. The van der Waals surface area contributed by atoms with Crippen molar-refractivity contribution in [2.45, 2.75) is 63.2 Å². The molecule has 5 nitrogen and oxygen atoms in total. The van der Waals surface area contributed by atoms with Crippen molar-refractivity contribution in [1.29, 1.82) is 0 Å². The molecule has 1 unspecified atom stereocenters. The Morgan fingerprint density at radius 2 is 1.92 bits per heavy atom. The van der Waals surface area contributed by atoms with Gasteiger partial charge in [-0.05, 0) is 68.6 Å². The topological polar surface area (TPSA) is 64.0 Å². The second kappa shape index (κ2) is 5.60. The molecule has 2 heterocycles. The molecule has 4 fully saturated rings. The number of aromatic nitrogens is 2. The normalized spacial score (nSPS) is 36.3. The Labute approximate surface area is 152 Å². The van der Waals surface area contributed by atoms with Crippen LogP contribution in [-0.4, -0.2) is 27.3 Å². The van der Waals surface area contributed by atoms with Gasteiger partial charge < -0.3 is 5.32 Å². The van der Waals surface area contributed by atoms with Gasteiger partial charge in [0, 0.05) is 24.5 Å². The second-order valence-corrected chi connectivity index (χ2v) is 9.80. The largest absolute Gasteiger partial charge is 0.349 e. The van der Waals surface area contributed by atoms with Crippen LogP contribution >= 0.6 is 11.8 Å². The molecule has 0 radical (unpaired) electrons. The average Bonchev–Trinajstić information content (AvgIpc) is 3.03. The van der Waals surface area contributed by atoms with E-state index in [1.165, 1.54) is 44.7 Å². The Balaban J connectivity index is 1.37. The summed E-state index contributed by atoms with van der Waals surface area (Å²) in [5, 5.41) is 3.92. The highest BCUT2D eigenvalue weighted by molar-refractivity contribution is 7.99. The third-order valence-corrected chi connectivity index (χ3v) is 8.12. The minimum Gasteiger partial charge on any atom is -0.349 e. The Hall–Kier alpha value is -1.30. The Morgan fingerprint density at radius 3 is 2.56 bits per heavy atom. The number of carbonyl (C=O) groups excluding carboxylic acids is 1. The fraction of sp³-hybridized carbons (Fsp3) is 0.737. The number of thioether (sulfide) groups is 1. The van der Waals surface area contributed by atoms with Crippen LogP contribution in [0.3, 0.4) is 0 Å². The number of fused-ring (bicyclic) bond motifs is 1. The van der Waals surface area contributed by atoms with Crippen LogP contribution in [-0.2, 0) is 6.54 Å². The molecule has 1 N–H and O–H groups in total. The molecule has 1 atom stereocenters. The second-order valence-electron chi connectivity index (χ2n) is 8.73. The van der Waals surface area contributed by atoms with Crippen molar-refractivity contribution in [1.82, 2.24) is 14.9 Å². The maximum absolute atomic E-state index is 12.8. The predicted molar refractivity (Wildman–Crippen MR) is 96.8 cm³/mol. The van der Waals surface area contributed by atoms with Crippen LogP contribution in [0.25, 0.3) is 0 Å². The summed E-state index contributed by atoms with van der Waals surface area (Å²) in [5.74, 6) is 3.18. The van der Waals surface area contributed by atoms with Gasteiger partial charge in [-0.1, -0.05) is 11.8 Å². The van der Waals surface area contributed by atoms with E-state index in [0.717, 1.165) is 28.7 Å². The lowest BCUT2D eigenvalue weighted by molar-refractivity contribution is -0.0688. The molecule has 6 rings (SSSR count). The first-order valence-electron chi connectivity index (χ1n) is 9.57. The van der Waals surface area contributed by atoms with Gasteiger partial charge in [-0.3, -0.25) is 14.2 Å². The molecule has 0 saturated heterocycles. The third kappa shape index (κ3) is 2.47. The molecule has 1 aromatic rings. The molecule has 1 aliphatic heterocycles. The first-order chi connectivity index (χ1) is 12.0. The van der Waals surface area contributed by atoms with Gasteiger partial charge >= 0.3 is 0 Å². The molecule has 0 spiro atoms. The third-order valence-electron chi connectivity index (χ3n) is 7.15. The molecule has 1 aromatic heterocycles. The SMILES string of the molecule is CC(NC(=O)c1cnc2n(c1=O)CCS2)C12CC3CC(CC(C3)C1)C2. The highest BCUT2D eigenvalue weighted by Crippen LogP contribution is 2.61. The molecule has 4 saturated carbocycles. The number of carbonyl (C=O) groups is 1. The van der Waals surface area contributed by atoms with Crippen LogP contribution in [0.15, 0.2) is 16.1 Å². The molecule has 5 aliphatic rings. The zero-order valence-corrected chi connectivity index (χ0v) is 15.5. The van der Waals surface area contributed by atoms with Gasteiger partial charge in [-0.25, -0.2) is 4.98 Å². The molecule has 25 heavy (non-hydrogen) atoms. The van der Waals surface area contributed by atoms with Gasteiger partial charge in [0.15, 0.2) is 5.16 Å². The fourth-order valence-corrected chi connectivity index (χ4v) is 7.22. The van der Waals surface area contributed by atoms with Crippen molar-refractivity contribution in [2.24, 2.45) is 23.2 Å². The molecule has 0 aromatic carbocycles. The van der Waals surface area contributed by atoms with E-state index in [1.54, 1.807) is 16.3 Å². The summed E-state index contributed by atoms with van der Waals surface area (Å²) >= 11 is 1.58. The van der Waals surface area contributed by atoms with Crippen LogP contribution in [0, 0.1) is 23.2 Å². The van der Waals surface area contributed by atoms with Gasteiger partial charge in [-0.2, -0.15) is 0 Å². The number of amides is 1. The van der Waals surface area contributed by atoms with Gasteiger partial charge in [0.25, 0.3) is 11.5 Å². The number of rotatable bonds is 3. The summed E-state index contributed by atoms with van der Waals surface area (Å²) < 4.78 is 1.63. The van der Waals surface area contributed by atoms with Crippen LogP contribution in [0.5, 0.6) is 0 Å². The monoisotopic (exact) mass is 359 g/mol. The van der Waals surface area contributed by atoms with E-state index in [4.69, 9.17) is 0 Å². The summed E-state index contributed by atoms with van der Waals surface area (Å²) in [6.45, 7) is 2.80. The van der Waals surface area contributed by atoms with Crippen molar-refractivity contribution < 1.29 is 4.79 Å². The molecular weight excluding hydrogens is 334 g/mol. The van der Waals surface area contributed by atoms with E-state index in [0.29, 0.717) is 6.54 Å². The molecule has 4 aliphatic carbocycles. The summed E-state index contributed by atoms with van der Waals surface area (Å²) in [4.78, 5) is 29.7. The van der Waals surface area contributed by atoms with Crippen molar-refractivity contribution >= 4 is 17.7 Å². The van der Waals surface area contributed by atoms with E-state index in [-0.39, 0.29) is 28.5 Å². The molecule has 1 amide bonds. The van der Waals surface area contributed by atoms with Crippen molar-refractivity contribution in [3.63, 3.8) is 0 Å². The summed E-state index contributed by atoms with van der Waals surface area (Å²) in [6.07, 6.45) is 9.40. The fourth-order valence-electron chi connectivity index (χ4n) is 6.31. The van der Waals surface area contributed by atoms with Crippen LogP contribution in [0.4, 0.5) is 0 Å². The van der Waals surface area contributed by atoms with Gasteiger partial charge in [0.2, 0.25) is 0 Å². The minimum absolute atomic E-state index is 0.125. The molecule has 134 valence electrons. The van der Waals surface area contributed by atoms with Crippen molar-refractivity contribution in [3.8, 4) is 0 Å². The maximum Gasteiger partial charge on any atom is 0.267 e. The average molecular weight is 359 g/mol. The van der Waals surface area contributed by atoms with E-state index in [1.807, 2.05) is 0 Å². The lowest BCUT2D eigenvalue weighted by Crippen LogP contribution is -2.56. The van der Waals surface area contributed by atoms with Crippen LogP contribution in [0.1, 0.15) is 55.8 Å². The number of hydrogen-bond acceptors (Lipinski definition) is 4. The van der Waals surface area contributed by atoms with Crippen molar-refractivity contribution in [2.75, 3.05) is 5.75 Å². The molecular formula is C19H25N3O2S. The van der Waals surface area contributed by atoms with Crippen LogP contribution < -0.4 is 10.9 Å². The Morgan fingerprint density at radius 1 is 1.28 bits per heavy atom. The number of nitrogens with one attached hydrogen (secondary N) is 1. The quantitative estimate of drug-likeness (QED) is 0.843. The summed E-state index contributed by atoms with van der Waals surface area (Å²) in [5.41, 5.74) is 0.258. The first kappa shape index (κ1) is 15.9. The van der Waals surface area contributed by atoms with Crippen molar-refractivity contribution in [3.05, 3.63) is 22.1 Å². The smallest absolute Gasteiger partial charge is 0.267 e. The number of hydrogen-bond donors (Lipinski definition) is 1. The van der Waals surface area contributed by atoms with E-state index in [2.05, 4.69) is 17.2 Å². The Bertz CT molecular complexity index is 752. The van der Waals surface area contributed by atoms with Gasteiger partial charge in [-0.15, -0.1) is 0 Å². The van der Waals surface area contributed by atoms with E-state index >= 15 is 0 Å². The minimum atomic E-state index is -0.243. The summed E-state index contributed by atoms with van der Waals surface area (Å²) in [6, 6.07) is 0.125.